The SMILES string of the molecule is Cc1cnc2c(c1)nc(C)n2Cc1ccc(C(=O)O)o1. The van der Waals surface area contributed by atoms with Crippen LogP contribution in [0.15, 0.2) is 28.8 Å². The number of aryl methyl sites for hydroxylation is 2. The Morgan fingerprint density at radius 1 is 1.40 bits per heavy atom. The zero-order chi connectivity index (χ0) is 14.3. The Morgan fingerprint density at radius 2 is 2.20 bits per heavy atom. The molecule has 3 rings (SSSR count). The van der Waals surface area contributed by atoms with E-state index in [1.165, 1.54) is 6.07 Å². The smallest absolute Gasteiger partial charge is 0.371 e. The first-order valence-corrected chi connectivity index (χ1v) is 6.16. The van der Waals surface area contributed by atoms with E-state index in [-0.39, 0.29) is 5.76 Å². The number of imidazole rings is 1. The molecule has 0 atom stereocenters. The van der Waals surface area contributed by atoms with Crippen LogP contribution in [-0.4, -0.2) is 25.6 Å². The molecule has 20 heavy (non-hydrogen) atoms. The van der Waals surface area contributed by atoms with E-state index in [0.29, 0.717) is 12.3 Å². The summed E-state index contributed by atoms with van der Waals surface area (Å²) < 4.78 is 7.17. The van der Waals surface area contributed by atoms with Crippen molar-refractivity contribution in [1.29, 1.82) is 0 Å². The monoisotopic (exact) mass is 271 g/mol. The van der Waals surface area contributed by atoms with Crippen LogP contribution in [0.4, 0.5) is 0 Å². The van der Waals surface area contributed by atoms with Crippen LogP contribution >= 0.6 is 0 Å². The Bertz CT molecular complexity index is 801. The number of fused-ring (bicyclic) bond motifs is 1. The maximum Gasteiger partial charge on any atom is 0.371 e. The highest BCUT2D eigenvalue weighted by Crippen LogP contribution is 2.18. The molecule has 6 heteroatoms. The zero-order valence-electron chi connectivity index (χ0n) is 11.1. The van der Waals surface area contributed by atoms with Crippen LogP contribution in [0.25, 0.3) is 11.2 Å². The molecule has 0 aliphatic carbocycles. The van der Waals surface area contributed by atoms with Crippen LogP contribution < -0.4 is 0 Å². The zero-order valence-corrected chi connectivity index (χ0v) is 11.1. The Labute approximate surface area is 114 Å². The number of hydrogen-bond donors (Lipinski definition) is 1. The van der Waals surface area contributed by atoms with Crippen LogP contribution in [0.5, 0.6) is 0 Å². The summed E-state index contributed by atoms with van der Waals surface area (Å²) in [6, 6.07) is 5.07. The molecule has 6 nitrogen and oxygen atoms in total. The average Bonchev–Trinajstić information content (AvgIpc) is 2.96. The van der Waals surface area contributed by atoms with E-state index in [9.17, 15) is 4.79 Å². The van der Waals surface area contributed by atoms with Crippen LogP contribution in [0.3, 0.4) is 0 Å². The number of furan rings is 1. The van der Waals surface area contributed by atoms with Gasteiger partial charge in [0.2, 0.25) is 5.76 Å². The van der Waals surface area contributed by atoms with Gasteiger partial charge in [-0.2, -0.15) is 0 Å². The minimum Gasteiger partial charge on any atom is -0.475 e. The molecule has 3 heterocycles. The third-order valence-corrected chi connectivity index (χ3v) is 3.10. The lowest BCUT2D eigenvalue weighted by molar-refractivity contribution is 0.0660. The van der Waals surface area contributed by atoms with E-state index in [4.69, 9.17) is 9.52 Å². The number of rotatable bonds is 3. The number of carbonyl (C=O) groups is 1. The lowest BCUT2D eigenvalue weighted by Gasteiger charge is -2.03. The molecule has 0 saturated heterocycles. The van der Waals surface area contributed by atoms with E-state index >= 15 is 0 Å². The first-order valence-electron chi connectivity index (χ1n) is 6.16. The summed E-state index contributed by atoms with van der Waals surface area (Å²) in [5.41, 5.74) is 2.64. The van der Waals surface area contributed by atoms with E-state index in [1.807, 2.05) is 24.5 Å². The van der Waals surface area contributed by atoms with Crippen molar-refractivity contribution in [3.05, 3.63) is 47.3 Å². The van der Waals surface area contributed by atoms with Gasteiger partial charge in [-0.05, 0) is 37.6 Å². The molecule has 0 amide bonds. The number of hydrogen-bond acceptors (Lipinski definition) is 4. The molecule has 0 spiro atoms. The molecule has 0 unspecified atom stereocenters. The normalized spacial score (nSPS) is 11.1. The van der Waals surface area contributed by atoms with E-state index < -0.39 is 5.97 Å². The fourth-order valence-electron chi connectivity index (χ4n) is 2.15. The first kappa shape index (κ1) is 12.4. The Balaban J connectivity index is 2.01. The number of carboxylic acid groups (broad SMARTS) is 1. The second-order valence-corrected chi connectivity index (χ2v) is 4.67. The first-order chi connectivity index (χ1) is 9.54. The minimum absolute atomic E-state index is 0.0640. The standard InChI is InChI=1S/C14H13N3O3/c1-8-5-11-13(15-6-8)17(9(2)16-11)7-10-3-4-12(20-10)14(18)19/h3-6H,7H2,1-2H3,(H,18,19). The molecule has 0 aliphatic rings. The molecule has 0 fully saturated rings. The number of aromatic nitrogens is 3. The van der Waals surface area contributed by atoms with Gasteiger partial charge in [-0.25, -0.2) is 14.8 Å². The maximum absolute atomic E-state index is 10.8. The molecule has 0 radical (unpaired) electrons. The molecular weight excluding hydrogens is 258 g/mol. The van der Waals surface area contributed by atoms with Gasteiger partial charge in [0.15, 0.2) is 5.65 Å². The molecular formula is C14H13N3O3. The molecule has 3 aromatic rings. The van der Waals surface area contributed by atoms with Gasteiger partial charge >= 0.3 is 5.97 Å². The number of aromatic carboxylic acids is 1. The lowest BCUT2D eigenvalue weighted by Crippen LogP contribution is -2.02. The van der Waals surface area contributed by atoms with Gasteiger partial charge in [0.25, 0.3) is 0 Å². The predicted molar refractivity (Wildman–Crippen MR) is 71.8 cm³/mol. The van der Waals surface area contributed by atoms with Crippen molar-refractivity contribution in [3.8, 4) is 0 Å². The van der Waals surface area contributed by atoms with Crippen molar-refractivity contribution >= 4 is 17.1 Å². The van der Waals surface area contributed by atoms with Crippen molar-refractivity contribution < 1.29 is 14.3 Å². The topological polar surface area (TPSA) is 81.2 Å². The number of nitrogens with zero attached hydrogens (tertiary/aromatic N) is 3. The van der Waals surface area contributed by atoms with Gasteiger partial charge in [0.05, 0.1) is 6.54 Å². The lowest BCUT2D eigenvalue weighted by atomic mass is 10.3. The highest BCUT2D eigenvalue weighted by Gasteiger charge is 2.13. The van der Waals surface area contributed by atoms with Crippen molar-refractivity contribution in [2.45, 2.75) is 20.4 Å². The Hall–Kier alpha value is -2.63. The minimum atomic E-state index is -1.07. The molecule has 1 N–H and O–H groups in total. The summed E-state index contributed by atoms with van der Waals surface area (Å²) in [5, 5.41) is 8.86. The van der Waals surface area contributed by atoms with Crippen LogP contribution in [0.2, 0.25) is 0 Å². The predicted octanol–water partition coefficient (Wildman–Crippen LogP) is 2.39. The highest BCUT2D eigenvalue weighted by atomic mass is 16.4. The van der Waals surface area contributed by atoms with Crippen molar-refractivity contribution in [2.24, 2.45) is 0 Å². The maximum atomic E-state index is 10.8. The summed E-state index contributed by atoms with van der Waals surface area (Å²) in [4.78, 5) is 19.6. The van der Waals surface area contributed by atoms with E-state index in [2.05, 4.69) is 9.97 Å². The molecule has 3 aromatic heterocycles. The van der Waals surface area contributed by atoms with Crippen LogP contribution in [0, 0.1) is 13.8 Å². The number of carboxylic acids is 1. The molecule has 0 aliphatic heterocycles. The van der Waals surface area contributed by atoms with Crippen molar-refractivity contribution in [1.82, 2.24) is 14.5 Å². The van der Waals surface area contributed by atoms with Crippen LogP contribution in [0.1, 0.15) is 27.7 Å². The largest absolute Gasteiger partial charge is 0.475 e. The molecule has 102 valence electrons. The molecule has 0 saturated carbocycles. The Kier molecular flexibility index (Phi) is 2.78. The molecule has 0 bridgehead atoms. The van der Waals surface area contributed by atoms with E-state index in [1.54, 1.807) is 12.3 Å². The summed E-state index contributed by atoms with van der Waals surface area (Å²) in [6.07, 6.45) is 1.78. The highest BCUT2D eigenvalue weighted by molar-refractivity contribution is 5.84. The van der Waals surface area contributed by atoms with Gasteiger partial charge in [-0.15, -0.1) is 0 Å². The van der Waals surface area contributed by atoms with E-state index in [0.717, 1.165) is 22.6 Å². The third kappa shape index (κ3) is 2.05. The fourth-order valence-corrected chi connectivity index (χ4v) is 2.15. The summed E-state index contributed by atoms with van der Waals surface area (Å²) in [6.45, 7) is 4.26. The quantitative estimate of drug-likeness (QED) is 0.791. The number of pyridine rings is 1. The fraction of sp³-hybridized carbons (Fsp3) is 0.214. The van der Waals surface area contributed by atoms with Gasteiger partial charge in [-0.3, -0.25) is 0 Å². The summed E-state index contributed by atoms with van der Waals surface area (Å²) in [7, 11) is 0. The van der Waals surface area contributed by atoms with Crippen molar-refractivity contribution in [2.75, 3.05) is 0 Å². The van der Waals surface area contributed by atoms with Crippen LogP contribution in [-0.2, 0) is 6.54 Å². The summed E-state index contributed by atoms with van der Waals surface area (Å²) >= 11 is 0. The second-order valence-electron chi connectivity index (χ2n) is 4.67. The average molecular weight is 271 g/mol. The molecule has 0 aromatic carbocycles. The van der Waals surface area contributed by atoms with Gasteiger partial charge in [-0.1, -0.05) is 0 Å². The van der Waals surface area contributed by atoms with Gasteiger partial charge in [0, 0.05) is 6.20 Å². The second kappa shape index (κ2) is 4.48. The van der Waals surface area contributed by atoms with Crippen molar-refractivity contribution in [3.63, 3.8) is 0 Å². The third-order valence-electron chi connectivity index (χ3n) is 3.10. The Morgan fingerprint density at radius 3 is 2.90 bits per heavy atom. The van der Waals surface area contributed by atoms with Gasteiger partial charge < -0.3 is 14.1 Å². The van der Waals surface area contributed by atoms with Gasteiger partial charge in [0.1, 0.15) is 17.1 Å². The summed E-state index contributed by atoms with van der Waals surface area (Å²) in [5.74, 6) is 0.238.